The van der Waals surface area contributed by atoms with Crippen molar-refractivity contribution in [1.29, 1.82) is 10.5 Å². The van der Waals surface area contributed by atoms with Gasteiger partial charge in [-0.3, -0.25) is 0 Å². The van der Waals surface area contributed by atoms with Gasteiger partial charge in [-0.05, 0) is 24.3 Å². The highest BCUT2D eigenvalue weighted by Crippen LogP contribution is 2.20. The standard InChI is InChI=1S/C13H8N4/c14-7-9-2-1-3-10(6-9)12-5-4-11(8-15)13(16)17-12/h1-6H,(H2,16,17). The number of hydrogen-bond acceptors (Lipinski definition) is 4. The monoisotopic (exact) mass is 220 g/mol. The Labute approximate surface area is 98.6 Å². The Balaban J connectivity index is 2.51. The highest BCUT2D eigenvalue weighted by Gasteiger charge is 2.04. The number of nitrogen functional groups attached to an aromatic ring is 1. The molecule has 2 aromatic rings. The topological polar surface area (TPSA) is 86.5 Å². The van der Waals surface area contributed by atoms with Crippen molar-refractivity contribution in [1.82, 2.24) is 4.98 Å². The lowest BCUT2D eigenvalue weighted by molar-refractivity contribution is 1.31. The van der Waals surface area contributed by atoms with Crippen LogP contribution >= 0.6 is 0 Å². The van der Waals surface area contributed by atoms with Gasteiger partial charge in [-0.25, -0.2) is 4.98 Å². The minimum atomic E-state index is 0.201. The zero-order valence-electron chi connectivity index (χ0n) is 8.88. The molecule has 0 atom stereocenters. The van der Waals surface area contributed by atoms with Crippen LogP contribution in [0.1, 0.15) is 11.1 Å². The summed E-state index contributed by atoms with van der Waals surface area (Å²) in [6.45, 7) is 0. The molecule has 0 bridgehead atoms. The van der Waals surface area contributed by atoms with E-state index in [0.29, 0.717) is 16.8 Å². The van der Waals surface area contributed by atoms with Gasteiger partial charge in [0, 0.05) is 5.56 Å². The highest BCUT2D eigenvalue weighted by atomic mass is 14.8. The molecule has 1 heterocycles. The van der Waals surface area contributed by atoms with Gasteiger partial charge in [0.05, 0.1) is 22.9 Å². The van der Waals surface area contributed by atoms with Crippen LogP contribution in [-0.2, 0) is 0 Å². The molecule has 4 nitrogen and oxygen atoms in total. The summed E-state index contributed by atoms with van der Waals surface area (Å²) in [7, 11) is 0. The van der Waals surface area contributed by atoms with E-state index in [1.807, 2.05) is 12.1 Å². The Morgan fingerprint density at radius 3 is 2.53 bits per heavy atom. The van der Waals surface area contributed by atoms with Gasteiger partial charge in [-0.1, -0.05) is 12.1 Å². The van der Waals surface area contributed by atoms with E-state index in [0.717, 1.165) is 5.56 Å². The maximum atomic E-state index is 8.81. The maximum Gasteiger partial charge on any atom is 0.142 e. The molecule has 2 N–H and O–H groups in total. The summed E-state index contributed by atoms with van der Waals surface area (Å²) < 4.78 is 0. The van der Waals surface area contributed by atoms with E-state index in [2.05, 4.69) is 11.1 Å². The van der Waals surface area contributed by atoms with Gasteiger partial charge in [0.25, 0.3) is 0 Å². The summed E-state index contributed by atoms with van der Waals surface area (Å²) in [5.41, 5.74) is 8.01. The molecule has 2 rings (SSSR count). The van der Waals surface area contributed by atoms with Crippen LogP contribution in [0.15, 0.2) is 36.4 Å². The highest BCUT2D eigenvalue weighted by molar-refractivity contribution is 5.65. The minimum absolute atomic E-state index is 0.201. The quantitative estimate of drug-likeness (QED) is 0.796. The van der Waals surface area contributed by atoms with Crippen LogP contribution in [0.5, 0.6) is 0 Å². The number of nitriles is 2. The van der Waals surface area contributed by atoms with Crippen molar-refractivity contribution in [2.75, 3.05) is 5.73 Å². The Morgan fingerprint density at radius 2 is 1.88 bits per heavy atom. The van der Waals surface area contributed by atoms with Gasteiger partial charge < -0.3 is 5.73 Å². The number of nitrogens with zero attached hydrogens (tertiary/aromatic N) is 3. The molecule has 0 spiro atoms. The van der Waals surface area contributed by atoms with Crippen molar-refractivity contribution < 1.29 is 0 Å². The Morgan fingerprint density at radius 1 is 1.06 bits per heavy atom. The third-order valence-electron chi connectivity index (χ3n) is 2.33. The fraction of sp³-hybridized carbons (Fsp3) is 0. The van der Waals surface area contributed by atoms with Crippen LogP contribution in [0.2, 0.25) is 0 Å². The number of pyridine rings is 1. The molecule has 0 aliphatic rings. The predicted octanol–water partition coefficient (Wildman–Crippen LogP) is 2.07. The maximum absolute atomic E-state index is 8.81. The largest absolute Gasteiger partial charge is 0.383 e. The van der Waals surface area contributed by atoms with Crippen LogP contribution in [0.25, 0.3) is 11.3 Å². The Hall–Kier alpha value is -2.85. The number of nitrogens with two attached hydrogens (primary N) is 1. The van der Waals surface area contributed by atoms with Gasteiger partial charge >= 0.3 is 0 Å². The lowest BCUT2D eigenvalue weighted by Gasteiger charge is -2.03. The van der Waals surface area contributed by atoms with Crippen molar-refractivity contribution in [3.05, 3.63) is 47.5 Å². The minimum Gasteiger partial charge on any atom is -0.383 e. The molecule has 1 aromatic carbocycles. The van der Waals surface area contributed by atoms with E-state index in [9.17, 15) is 0 Å². The summed E-state index contributed by atoms with van der Waals surface area (Å²) in [4.78, 5) is 4.14. The van der Waals surface area contributed by atoms with Crippen molar-refractivity contribution in [2.45, 2.75) is 0 Å². The lowest BCUT2D eigenvalue weighted by Crippen LogP contribution is -1.96. The van der Waals surface area contributed by atoms with E-state index in [1.54, 1.807) is 30.3 Å². The molecule has 80 valence electrons. The number of hydrogen-bond donors (Lipinski definition) is 1. The summed E-state index contributed by atoms with van der Waals surface area (Å²) in [6.07, 6.45) is 0. The second kappa shape index (κ2) is 4.34. The fourth-order valence-electron chi connectivity index (χ4n) is 1.48. The summed E-state index contributed by atoms with van der Waals surface area (Å²) in [6, 6.07) is 14.4. The van der Waals surface area contributed by atoms with E-state index in [-0.39, 0.29) is 5.82 Å². The van der Waals surface area contributed by atoms with Gasteiger partial charge in [-0.15, -0.1) is 0 Å². The molecule has 0 radical (unpaired) electrons. The van der Waals surface area contributed by atoms with Crippen LogP contribution in [0.3, 0.4) is 0 Å². The molecule has 0 amide bonds. The van der Waals surface area contributed by atoms with Crippen molar-refractivity contribution in [2.24, 2.45) is 0 Å². The average Bonchev–Trinajstić information content (AvgIpc) is 2.38. The first-order valence-electron chi connectivity index (χ1n) is 4.92. The zero-order valence-corrected chi connectivity index (χ0v) is 8.88. The van der Waals surface area contributed by atoms with Crippen molar-refractivity contribution in [3.8, 4) is 23.4 Å². The lowest BCUT2D eigenvalue weighted by atomic mass is 10.1. The predicted molar refractivity (Wildman–Crippen MR) is 63.5 cm³/mol. The fourth-order valence-corrected chi connectivity index (χ4v) is 1.48. The van der Waals surface area contributed by atoms with Crippen molar-refractivity contribution in [3.63, 3.8) is 0 Å². The molecular formula is C13H8N4. The molecule has 1 aromatic heterocycles. The molecule has 0 fully saturated rings. The molecule has 0 aliphatic heterocycles. The van der Waals surface area contributed by atoms with E-state index in [4.69, 9.17) is 16.3 Å². The Bertz CT molecular complexity index is 647. The van der Waals surface area contributed by atoms with E-state index >= 15 is 0 Å². The van der Waals surface area contributed by atoms with E-state index < -0.39 is 0 Å². The Kier molecular flexibility index (Phi) is 2.72. The number of rotatable bonds is 1. The second-order valence-corrected chi connectivity index (χ2v) is 3.43. The smallest absolute Gasteiger partial charge is 0.142 e. The van der Waals surface area contributed by atoms with Crippen LogP contribution in [0, 0.1) is 22.7 Å². The summed E-state index contributed by atoms with van der Waals surface area (Å²) >= 11 is 0. The second-order valence-electron chi connectivity index (χ2n) is 3.43. The van der Waals surface area contributed by atoms with E-state index in [1.165, 1.54) is 0 Å². The van der Waals surface area contributed by atoms with Gasteiger partial charge in [-0.2, -0.15) is 10.5 Å². The molecule has 0 aliphatic carbocycles. The van der Waals surface area contributed by atoms with Gasteiger partial charge in [0.15, 0.2) is 0 Å². The third-order valence-corrected chi connectivity index (χ3v) is 2.33. The third kappa shape index (κ3) is 2.06. The van der Waals surface area contributed by atoms with Crippen LogP contribution < -0.4 is 5.73 Å². The van der Waals surface area contributed by atoms with Gasteiger partial charge in [0.2, 0.25) is 0 Å². The number of anilines is 1. The molecule has 4 heteroatoms. The summed E-state index contributed by atoms with van der Waals surface area (Å²) in [5, 5.41) is 17.6. The molecule has 17 heavy (non-hydrogen) atoms. The first kappa shape index (κ1) is 10.7. The summed E-state index contributed by atoms with van der Waals surface area (Å²) in [5.74, 6) is 0.201. The average molecular weight is 220 g/mol. The molecule has 0 saturated carbocycles. The molecule has 0 saturated heterocycles. The number of benzene rings is 1. The number of aromatic nitrogens is 1. The zero-order chi connectivity index (χ0) is 12.3. The van der Waals surface area contributed by atoms with Crippen LogP contribution in [-0.4, -0.2) is 4.98 Å². The molecule has 0 unspecified atom stereocenters. The first-order chi connectivity index (χ1) is 8.24. The first-order valence-corrected chi connectivity index (χ1v) is 4.92. The molecular weight excluding hydrogens is 212 g/mol. The SMILES string of the molecule is N#Cc1cccc(-c2ccc(C#N)c(N)n2)c1. The van der Waals surface area contributed by atoms with Gasteiger partial charge in [0.1, 0.15) is 11.9 Å². The normalized spacial score (nSPS) is 9.29. The van der Waals surface area contributed by atoms with Crippen LogP contribution in [0.4, 0.5) is 5.82 Å². The van der Waals surface area contributed by atoms with Crippen molar-refractivity contribution >= 4 is 5.82 Å².